The topological polar surface area (TPSA) is 78.5 Å². The van der Waals surface area contributed by atoms with Crippen molar-refractivity contribution in [1.82, 2.24) is 20.0 Å². The van der Waals surface area contributed by atoms with Crippen LogP contribution < -0.4 is 4.74 Å². The van der Waals surface area contributed by atoms with Crippen LogP contribution in [0, 0.1) is 0 Å². The molecule has 7 nitrogen and oxygen atoms in total. The van der Waals surface area contributed by atoms with Gasteiger partial charge in [0.05, 0.1) is 12.1 Å². The molecule has 1 fully saturated rings. The van der Waals surface area contributed by atoms with Gasteiger partial charge in [-0.15, -0.1) is 0 Å². The van der Waals surface area contributed by atoms with Gasteiger partial charge >= 0.3 is 0 Å². The molecule has 3 aliphatic rings. The number of piperidine rings is 1. The molecule has 2 aromatic rings. The van der Waals surface area contributed by atoms with Gasteiger partial charge in [-0.3, -0.25) is 14.7 Å². The number of carbonyl (C=O) groups excluding carboxylic acids is 2. The van der Waals surface area contributed by atoms with Gasteiger partial charge in [0.15, 0.2) is 12.3 Å². The van der Waals surface area contributed by atoms with Crippen molar-refractivity contribution in [3.8, 4) is 5.75 Å². The van der Waals surface area contributed by atoms with Gasteiger partial charge in [-0.05, 0) is 63.0 Å². The van der Waals surface area contributed by atoms with Gasteiger partial charge in [-0.2, -0.15) is 5.10 Å². The second kappa shape index (κ2) is 8.96. The minimum Gasteiger partial charge on any atom is -0.483 e. The molecule has 2 amide bonds. The fourth-order valence-electron chi connectivity index (χ4n) is 5.67. The normalized spacial score (nSPS) is 24.0. The molecule has 3 heterocycles. The summed E-state index contributed by atoms with van der Waals surface area (Å²) in [5, 5.41) is 7.48. The van der Waals surface area contributed by atoms with Gasteiger partial charge in [-0.1, -0.05) is 24.6 Å². The third-order valence-corrected chi connectivity index (χ3v) is 7.42. The number of fused-ring (bicyclic) bond motifs is 3. The van der Waals surface area contributed by atoms with Crippen molar-refractivity contribution in [2.75, 3.05) is 20.2 Å². The summed E-state index contributed by atoms with van der Waals surface area (Å²) >= 11 is 0. The van der Waals surface area contributed by atoms with Crippen molar-refractivity contribution in [1.29, 1.82) is 0 Å². The summed E-state index contributed by atoms with van der Waals surface area (Å²) in [6.07, 6.45) is 8.61. The zero-order valence-corrected chi connectivity index (χ0v) is 18.8. The second-order valence-electron chi connectivity index (χ2n) is 9.31. The maximum Gasteiger partial charge on any atom is 0.274 e. The van der Waals surface area contributed by atoms with Crippen molar-refractivity contribution < 1.29 is 14.3 Å². The molecule has 7 heteroatoms. The molecule has 2 atom stereocenters. The van der Waals surface area contributed by atoms with E-state index in [9.17, 15) is 9.59 Å². The number of likely N-dealkylation sites (tertiary alicyclic amines) is 1. The standard InChI is InChI=1S/C25H32N4O3/c1-28-20-13-7-15-29(25(31)24-18-10-6-11-19(18)26-27-24)21(20)12-4-2-8-17-9-3-5-14-22(17)32-16-23(28)30/h3,5,9,14,20-21H,2,4,6-8,10-13,15-16H2,1H3,(H,26,27)/t20-,21-/m1/s1. The average molecular weight is 437 g/mol. The Morgan fingerprint density at radius 1 is 1.06 bits per heavy atom. The first kappa shape index (κ1) is 21.0. The highest BCUT2D eigenvalue weighted by Gasteiger charge is 2.39. The lowest BCUT2D eigenvalue weighted by molar-refractivity contribution is -0.136. The fourth-order valence-corrected chi connectivity index (χ4v) is 5.67. The summed E-state index contributed by atoms with van der Waals surface area (Å²) in [4.78, 5) is 30.5. The molecule has 32 heavy (non-hydrogen) atoms. The van der Waals surface area contributed by atoms with Crippen molar-refractivity contribution in [2.45, 2.75) is 69.9 Å². The molecule has 1 aromatic heterocycles. The Balaban J connectivity index is 1.40. The number of amides is 2. The van der Waals surface area contributed by atoms with Gasteiger partial charge in [0.1, 0.15) is 5.75 Å². The van der Waals surface area contributed by atoms with Crippen LogP contribution in [0.5, 0.6) is 5.75 Å². The molecule has 170 valence electrons. The summed E-state index contributed by atoms with van der Waals surface area (Å²) < 4.78 is 5.92. The molecule has 0 unspecified atom stereocenters. The van der Waals surface area contributed by atoms with Gasteiger partial charge in [-0.25, -0.2) is 0 Å². The van der Waals surface area contributed by atoms with E-state index in [0.29, 0.717) is 5.69 Å². The number of rotatable bonds is 1. The van der Waals surface area contributed by atoms with E-state index in [-0.39, 0.29) is 30.5 Å². The van der Waals surface area contributed by atoms with Gasteiger partial charge in [0.25, 0.3) is 11.8 Å². The molecule has 1 N–H and O–H groups in total. The van der Waals surface area contributed by atoms with E-state index >= 15 is 0 Å². The predicted molar refractivity (Wildman–Crippen MR) is 121 cm³/mol. The maximum atomic E-state index is 13.6. The van der Waals surface area contributed by atoms with Crippen LogP contribution in [0.4, 0.5) is 0 Å². The van der Waals surface area contributed by atoms with Crippen LogP contribution >= 0.6 is 0 Å². The van der Waals surface area contributed by atoms with E-state index in [1.807, 2.05) is 35.0 Å². The molecule has 0 radical (unpaired) electrons. The molecule has 5 rings (SSSR count). The molecule has 1 aromatic carbocycles. The molecule has 0 saturated carbocycles. The van der Waals surface area contributed by atoms with Crippen molar-refractivity contribution in [3.05, 3.63) is 46.8 Å². The van der Waals surface area contributed by atoms with E-state index in [1.54, 1.807) is 0 Å². The van der Waals surface area contributed by atoms with E-state index in [1.165, 1.54) is 0 Å². The summed E-state index contributed by atoms with van der Waals surface area (Å²) in [5.74, 6) is 0.790. The number of carbonyl (C=O) groups is 2. The van der Waals surface area contributed by atoms with Crippen LogP contribution in [-0.2, 0) is 24.1 Å². The Morgan fingerprint density at radius 2 is 1.91 bits per heavy atom. The van der Waals surface area contributed by atoms with Crippen LogP contribution in [0.1, 0.15) is 65.8 Å². The van der Waals surface area contributed by atoms with E-state index in [0.717, 1.165) is 86.9 Å². The molecule has 0 spiro atoms. The summed E-state index contributed by atoms with van der Waals surface area (Å²) in [6.45, 7) is 0.751. The Bertz CT molecular complexity index is 1000. The summed E-state index contributed by atoms with van der Waals surface area (Å²) in [6, 6.07) is 8.00. The van der Waals surface area contributed by atoms with Gasteiger partial charge in [0, 0.05) is 24.8 Å². The van der Waals surface area contributed by atoms with Crippen LogP contribution in [-0.4, -0.2) is 64.1 Å². The number of H-pyrrole nitrogens is 1. The molecule has 2 aliphatic heterocycles. The molecule has 1 saturated heterocycles. The van der Waals surface area contributed by atoms with E-state index in [2.05, 4.69) is 16.3 Å². The van der Waals surface area contributed by atoms with Crippen molar-refractivity contribution >= 4 is 11.8 Å². The number of nitrogens with one attached hydrogen (secondary N) is 1. The lowest BCUT2D eigenvalue weighted by atomic mass is 9.89. The second-order valence-corrected chi connectivity index (χ2v) is 9.31. The highest BCUT2D eigenvalue weighted by molar-refractivity contribution is 5.94. The number of benzene rings is 1. The molecular formula is C25H32N4O3. The average Bonchev–Trinajstić information content (AvgIpc) is 3.43. The minimum absolute atomic E-state index is 0.00506. The third kappa shape index (κ3) is 3.89. The number of hydrogen-bond acceptors (Lipinski definition) is 4. The SMILES string of the molecule is CN1C(=O)COc2ccccc2CCCC[C@@H]2[C@H]1CCCN2C(=O)c1n[nH]c2c1CCC2. The fraction of sp³-hybridized carbons (Fsp3) is 0.560. The monoisotopic (exact) mass is 436 g/mol. The predicted octanol–water partition coefficient (Wildman–Crippen LogP) is 3.14. The summed E-state index contributed by atoms with van der Waals surface area (Å²) in [7, 11) is 1.86. The van der Waals surface area contributed by atoms with Crippen LogP contribution in [0.3, 0.4) is 0 Å². The number of likely N-dealkylation sites (N-methyl/N-ethyl adjacent to an activating group) is 1. The quantitative estimate of drug-likeness (QED) is 0.745. The lowest BCUT2D eigenvalue weighted by Crippen LogP contribution is -2.58. The molecule has 0 bridgehead atoms. The van der Waals surface area contributed by atoms with Crippen LogP contribution in [0.2, 0.25) is 0 Å². The zero-order chi connectivity index (χ0) is 22.1. The Morgan fingerprint density at radius 3 is 2.81 bits per heavy atom. The van der Waals surface area contributed by atoms with E-state index in [4.69, 9.17) is 4.74 Å². The van der Waals surface area contributed by atoms with Gasteiger partial charge in [0.2, 0.25) is 0 Å². The Labute approximate surface area is 189 Å². The van der Waals surface area contributed by atoms with Crippen LogP contribution in [0.15, 0.2) is 24.3 Å². The maximum absolute atomic E-state index is 13.6. The number of para-hydroxylation sites is 1. The smallest absolute Gasteiger partial charge is 0.274 e. The van der Waals surface area contributed by atoms with E-state index < -0.39 is 0 Å². The van der Waals surface area contributed by atoms with Crippen LogP contribution in [0.25, 0.3) is 0 Å². The zero-order valence-electron chi connectivity index (χ0n) is 18.8. The first-order chi connectivity index (χ1) is 15.6. The van der Waals surface area contributed by atoms with Crippen molar-refractivity contribution in [2.24, 2.45) is 0 Å². The number of aromatic nitrogens is 2. The van der Waals surface area contributed by atoms with Crippen molar-refractivity contribution in [3.63, 3.8) is 0 Å². The highest BCUT2D eigenvalue weighted by atomic mass is 16.5. The number of aryl methyl sites for hydroxylation is 2. The minimum atomic E-state index is -0.0367. The first-order valence-corrected chi connectivity index (χ1v) is 12.0. The Hall–Kier alpha value is -2.83. The number of aromatic amines is 1. The van der Waals surface area contributed by atoms with Gasteiger partial charge < -0.3 is 14.5 Å². The Kier molecular flexibility index (Phi) is 5.89. The molecular weight excluding hydrogens is 404 g/mol. The number of nitrogens with zero attached hydrogens (tertiary/aromatic N) is 3. The third-order valence-electron chi connectivity index (χ3n) is 7.42. The largest absolute Gasteiger partial charge is 0.483 e. The highest BCUT2D eigenvalue weighted by Crippen LogP contribution is 2.31. The lowest BCUT2D eigenvalue weighted by Gasteiger charge is -2.45. The summed E-state index contributed by atoms with van der Waals surface area (Å²) in [5.41, 5.74) is 3.95. The number of hydrogen-bond donors (Lipinski definition) is 1. The first-order valence-electron chi connectivity index (χ1n) is 12.0. The molecule has 1 aliphatic carbocycles. The number of ether oxygens (including phenoxy) is 1.